The van der Waals surface area contributed by atoms with Crippen LogP contribution in [0.1, 0.15) is 48.8 Å². The van der Waals surface area contributed by atoms with Crippen LogP contribution in [0.5, 0.6) is 5.75 Å². The number of aliphatic hydroxyl groups excluding tert-OH is 1. The zero-order valence-corrected chi connectivity index (χ0v) is 16.4. The van der Waals surface area contributed by atoms with Crippen molar-refractivity contribution in [3.63, 3.8) is 0 Å². The van der Waals surface area contributed by atoms with Gasteiger partial charge in [-0.05, 0) is 60.6 Å². The fourth-order valence-corrected chi connectivity index (χ4v) is 3.99. The highest BCUT2D eigenvalue weighted by molar-refractivity contribution is 6.30. The molecule has 0 radical (unpaired) electrons. The van der Waals surface area contributed by atoms with Gasteiger partial charge in [-0.2, -0.15) is 0 Å². The number of ether oxygens (including phenoxy) is 1. The molecule has 1 fully saturated rings. The van der Waals surface area contributed by atoms with E-state index in [1.807, 2.05) is 24.3 Å². The molecule has 0 unspecified atom stereocenters. The van der Waals surface area contributed by atoms with Gasteiger partial charge < -0.3 is 20.3 Å². The standard InChI is InChI=1S/C22H26ClNO4/c23-18-7-1-6-17(10-18)21(25)13-24-19-8-2-4-15(11-19)16-5-3-9-20(12-16)28-14-22(26)27/h1,3,5-7,9-10,12,15,19,21,24-25H,2,4,8,11,13-14H2,(H,26,27)/t15-,19-,21+/m1/s1. The molecule has 0 aromatic heterocycles. The Labute approximate surface area is 170 Å². The van der Waals surface area contributed by atoms with Crippen LogP contribution in [0.4, 0.5) is 0 Å². The number of benzene rings is 2. The number of halogens is 1. The Balaban J connectivity index is 1.55. The molecule has 3 rings (SSSR count). The van der Waals surface area contributed by atoms with Crippen molar-refractivity contribution < 1.29 is 19.7 Å². The van der Waals surface area contributed by atoms with E-state index in [1.54, 1.807) is 18.2 Å². The highest BCUT2D eigenvalue weighted by atomic mass is 35.5. The number of nitrogens with one attached hydrogen (secondary N) is 1. The largest absolute Gasteiger partial charge is 0.482 e. The molecule has 28 heavy (non-hydrogen) atoms. The molecule has 150 valence electrons. The quantitative estimate of drug-likeness (QED) is 0.617. The third-order valence-electron chi connectivity index (χ3n) is 5.20. The van der Waals surface area contributed by atoms with Gasteiger partial charge in [0.05, 0.1) is 6.10 Å². The highest BCUT2D eigenvalue weighted by Crippen LogP contribution is 2.34. The predicted octanol–water partition coefficient (Wildman–Crippen LogP) is 4.15. The number of carboxylic acid groups (broad SMARTS) is 1. The van der Waals surface area contributed by atoms with E-state index in [4.69, 9.17) is 21.4 Å². The van der Waals surface area contributed by atoms with Gasteiger partial charge in [-0.3, -0.25) is 0 Å². The maximum absolute atomic E-state index is 10.7. The van der Waals surface area contributed by atoms with Crippen LogP contribution in [-0.4, -0.2) is 35.4 Å². The lowest BCUT2D eigenvalue weighted by molar-refractivity contribution is -0.139. The minimum absolute atomic E-state index is 0.330. The summed E-state index contributed by atoms with van der Waals surface area (Å²) in [6, 6.07) is 15.3. The van der Waals surface area contributed by atoms with E-state index in [0.29, 0.717) is 29.3 Å². The fourth-order valence-electron chi connectivity index (χ4n) is 3.79. The van der Waals surface area contributed by atoms with Crippen LogP contribution < -0.4 is 10.1 Å². The van der Waals surface area contributed by atoms with Gasteiger partial charge in [0.15, 0.2) is 6.61 Å². The van der Waals surface area contributed by atoms with Crippen molar-refractivity contribution in [3.8, 4) is 5.75 Å². The second-order valence-corrected chi connectivity index (χ2v) is 7.73. The van der Waals surface area contributed by atoms with Gasteiger partial charge >= 0.3 is 5.97 Å². The summed E-state index contributed by atoms with van der Waals surface area (Å²) in [6.07, 6.45) is 3.66. The minimum Gasteiger partial charge on any atom is -0.482 e. The number of aliphatic carboxylic acids is 1. The zero-order chi connectivity index (χ0) is 19.9. The third kappa shape index (κ3) is 5.96. The van der Waals surface area contributed by atoms with Crippen molar-refractivity contribution in [2.45, 2.75) is 43.7 Å². The molecule has 0 saturated heterocycles. The first-order valence-electron chi connectivity index (χ1n) is 9.62. The summed E-state index contributed by atoms with van der Waals surface area (Å²) in [5.74, 6) is -0.0000958. The number of carboxylic acids is 1. The van der Waals surface area contributed by atoms with E-state index < -0.39 is 12.1 Å². The van der Waals surface area contributed by atoms with Crippen LogP contribution in [0.3, 0.4) is 0 Å². The zero-order valence-electron chi connectivity index (χ0n) is 15.7. The van der Waals surface area contributed by atoms with Crippen LogP contribution in [0.2, 0.25) is 5.02 Å². The summed E-state index contributed by atoms with van der Waals surface area (Å²) in [4.78, 5) is 10.7. The summed E-state index contributed by atoms with van der Waals surface area (Å²) in [5, 5.41) is 23.3. The van der Waals surface area contributed by atoms with Crippen LogP contribution in [0, 0.1) is 0 Å². The molecule has 1 aliphatic rings. The van der Waals surface area contributed by atoms with Crippen molar-refractivity contribution in [2.75, 3.05) is 13.2 Å². The van der Waals surface area contributed by atoms with Gasteiger partial charge in [0.1, 0.15) is 5.75 Å². The minimum atomic E-state index is -0.981. The number of hydrogen-bond acceptors (Lipinski definition) is 4. The molecule has 5 nitrogen and oxygen atoms in total. The molecule has 0 heterocycles. The van der Waals surface area contributed by atoms with Crippen LogP contribution in [0.15, 0.2) is 48.5 Å². The maximum Gasteiger partial charge on any atom is 0.341 e. The number of hydrogen-bond donors (Lipinski definition) is 3. The lowest BCUT2D eigenvalue weighted by atomic mass is 9.81. The highest BCUT2D eigenvalue weighted by Gasteiger charge is 2.24. The first kappa shape index (κ1) is 20.6. The molecule has 0 spiro atoms. The van der Waals surface area contributed by atoms with Gasteiger partial charge in [-0.1, -0.05) is 42.3 Å². The molecular weight excluding hydrogens is 378 g/mol. The Hall–Kier alpha value is -2.08. The van der Waals surface area contributed by atoms with Crippen molar-refractivity contribution >= 4 is 17.6 Å². The van der Waals surface area contributed by atoms with Crippen LogP contribution >= 0.6 is 11.6 Å². The molecule has 1 saturated carbocycles. The van der Waals surface area contributed by atoms with Crippen molar-refractivity contribution in [3.05, 3.63) is 64.7 Å². The van der Waals surface area contributed by atoms with E-state index in [-0.39, 0.29) is 6.61 Å². The molecule has 1 aliphatic carbocycles. The van der Waals surface area contributed by atoms with E-state index in [2.05, 4.69) is 11.4 Å². The predicted molar refractivity (Wildman–Crippen MR) is 109 cm³/mol. The molecule has 3 N–H and O–H groups in total. The summed E-state index contributed by atoms with van der Waals surface area (Å²) in [6.45, 7) is 0.152. The van der Waals surface area contributed by atoms with Gasteiger partial charge in [0.2, 0.25) is 0 Å². The monoisotopic (exact) mass is 403 g/mol. The average Bonchev–Trinajstić information content (AvgIpc) is 2.71. The lowest BCUT2D eigenvalue weighted by Gasteiger charge is -2.31. The molecule has 2 aromatic carbocycles. The molecule has 3 atom stereocenters. The Bertz CT molecular complexity index is 798. The Morgan fingerprint density at radius 2 is 2.04 bits per heavy atom. The molecule has 0 aliphatic heterocycles. The van der Waals surface area contributed by atoms with Gasteiger partial charge in [0.25, 0.3) is 0 Å². The maximum atomic E-state index is 10.7. The molecule has 0 bridgehead atoms. The van der Waals surface area contributed by atoms with Gasteiger partial charge in [-0.25, -0.2) is 4.79 Å². The normalized spacial score (nSPS) is 20.5. The fraction of sp³-hybridized carbons (Fsp3) is 0.409. The summed E-state index contributed by atoms with van der Waals surface area (Å²) in [5.41, 5.74) is 1.99. The second-order valence-electron chi connectivity index (χ2n) is 7.29. The number of aliphatic hydroxyl groups is 1. The van der Waals surface area contributed by atoms with E-state index in [9.17, 15) is 9.90 Å². The van der Waals surface area contributed by atoms with Crippen molar-refractivity contribution in [2.24, 2.45) is 0 Å². The lowest BCUT2D eigenvalue weighted by Crippen LogP contribution is -2.36. The van der Waals surface area contributed by atoms with Crippen LogP contribution in [0.25, 0.3) is 0 Å². The second kappa shape index (κ2) is 9.92. The molecule has 0 amide bonds. The van der Waals surface area contributed by atoms with Crippen LogP contribution in [-0.2, 0) is 4.79 Å². The molecular formula is C22H26ClNO4. The Kier molecular flexibility index (Phi) is 7.31. The average molecular weight is 404 g/mol. The summed E-state index contributed by atoms with van der Waals surface area (Å²) >= 11 is 6.00. The van der Waals surface area contributed by atoms with E-state index >= 15 is 0 Å². The summed E-state index contributed by atoms with van der Waals surface area (Å²) in [7, 11) is 0. The molecule has 6 heteroatoms. The first-order valence-corrected chi connectivity index (χ1v) is 10.0. The van der Waals surface area contributed by atoms with Gasteiger partial charge in [-0.15, -0.1) is 0 Å². The van der Waals surface area contributed by atoms with E-state index in [1.165, 1.54) is 5.56 Å². The Morgan fingerprint density at radius 3 is 2.82 bits per heavy atom. The van der Waals surface area contributed by atoms with Crippen molar-refractivity contribution in [1.82, 2.24) is 5.32 Å². The molecule has 2 aromatic rings. The smallest absolute Gasteiger partial charge is 0.341 e. The SMILES string of the molecule is O=C(O)COc1cccc([C@@H]2CCC[C@@H](NC[C@H](O)c3cccc(Cl)c3)C2)c1. The first-order chi connectivity index (χ1) is 13.5. The summed E-state index contributed by atoms with van der Waals surface area (Å²) < 4.78 is 5.30. The topological polar surface area (TPSA) is 78.8 Å². The number of rotatable bonds is 8. The van der Waals surface area contributed by atoms with Crippen molar-refractivity contribution in [1.29, 1.82) is 0 Å². The Morgan fingerprint density at radius 1 is 1.21 bits per heavy atom. The number of carbonyl (C=O) groups is 1. The third-order valence-corrected chi connectivity index (χ3v) is 5.43. The van der Waals surface area contributed by atoms with E-state index in [0.717, 1.165) is 31.2 Å². The van der Waals surface area contributed by atoms with Gasteiger partial charge in [0, 0.05) is 17.6 Å².